The molecule has 0 bridgehead atoms. The molecule has 0 radical (unpaired) electrons. The number of rotatable bonds is 19. The highest BCUT2D eigenvalue weighted by Gasteiger charge is 2.10. The highest BCUT2D eigenvalue weighted by atomic mass is 16.7. The predicted molar refractivity (Wildman–Crippen MR) is 102 cm³/mol. The molecule has 0 amide bonds. The van der Waals surface area contributed by atoms with E-state index < -0.39 is 0 Å². The van der Waals surface area contributed by atoms with Crippen LogP contribution in [-0.2, 0) is 14.3 Å². The van der Waals surface area contributed by atoms with E-state index in [4.69, 9.17) is 9.47 Å². The molecule has 0 aromatic rings. The Bertz CT molecular complexity index is 248. The summed E-state index contributed by atoms with van der Waals surface area (Å²) in [5.74, 6) is 0.214. The molecule has 0 saturated heterocycles. The van der Waals surface area contributed by atoms with Gasteiger partial charge in [-0.05, 0) is 19.8 Å². The number of ketones is 1. The maximum absolute atomic E-state index is 11.2. The Labute approximate surface area is 150 Å². The van der Waals surface area contributed by atoms with Crippen molar-refractivity contribution in [1.82, 2.24) is 0 Å². The summed E-state index contributed by atoms with van der Waals surface area (Å²) in [5.41, 5.74) is 0. The highest BCUT2D eigenvalue weighted by molar-refractivity contribution is 5.75. The molecule has 3 heteroatoms. The van der Waals surface area contributed by atoms with Crippen LogP contribution in [0.1, 0.15) is 111 Å². The molecule has 3 nitrogen and oxygen atoms in total. The van der Waals surface area contributed by atoms with Gasteiger partial charge in [0.2, 0.25) is 0 Å². The fourth-order valence-electron chi connectivity index (χ4n) is 2.73. The van der Waals surface area contributed by atoms with Crippen LogP contribution in [0.15, 0.2) is 0 Å². The van der Waals surface area contributed by atoms with E-state index >= 15 is 0 Å². The maximum atomic E-state index is 11.2. The first-order valence-corrected chi connectivity index (χ1v) is 10.4. The Hall–Kier alpha value is -0.410. The van der Waals surface area contributed by atoms with Gasteiger partial charge < -0.3 is 14.3 Å². The van der Waals surface area contributed by atoms with E-state index in [2.05, 4.69) is 13.8 Å². The minimum absolute atomic E-state index is 0.194. The maximum Gasteiger partial charge on any atom is 0.157 e. The number of carbonyl (C=O) groups excluding carboxylic acids is 1. The molecule has 0 aromatic heterocycles. The lowest BCUT2D eigenvalue weighted by atomic mass is 10.1. The number of hydrogen-bond acceptors (Lipinski definition) is 3. The van der Waals surface area contributed by atoms with Gasteiger partial charge in [0, 0.05) is 26.1 Å². The molecule has 0 aromatic carbocycles. The second-order valence-electron chi connectivity index (χ2n) is 6.95. The van der Waals surface area contributed by atoms with Gasteiger partial charge in [-0.15, -0.1) is 0 Å². The van der Waals surface area contributed by atoms with Crippen LogP contribution >= 0.6 is 0 Å². The molecule has 0 aliphatic rings. The molecule has 0 aliphatic heterocycles. The molecule has 0 spiro atoms. The molecule has 0 atom stereocenters. The quantitative estimate of drug-likeness (QED) is 0.200. The first-order valence-electron chi connectivity index (χ1n) is 10.4. The van der Waals surface area contributed by atoms with Crippen molar-refractivity contribution in [2.24, 2.45) is 0 Å². The molecule has 0 fully saturated rings. The molecular formula is C21H42O3. The monoisotopic (exact) mass is 342 g/mol. The average molecular weight is 343 g/mol. The van der Waals surface area contributed by atoms with Crippen molar-refractivity contribution in [2.45, 2.75) is 117 Å². The van der Waals surface area contributed by atoms with E-state index in [-0.39, 0.29) is 12.1 Å². The second-order valence-corrected chi connectivity index (χ2v) is 6.95. The third kappa shape index (κ3) is 17.9. The number of Topliss-reactive ketones (excluding diaryl/α,β-unsaturated/α-hetero) is 1. The van der Waals surface area contributed by atoms with Gasteiger partial charge in [-0.3, -0.25) is 0 Å². The minimum atomic E-state index is -0.194. The summed E-state index contributed by atoms with van der Waals surface area (Å²) in [4.78, 5) is 11.2. The standard InChI is InChI=1S/C21H42O3/c1-4-6-8-10-12-14-18-23-21(17-16-20(3)22)24-19-15-13-11-9-7-5-2/h21H,4-19H2,1-3H3. The molecular weight excluding hydrogens is 300 g/mol. The Kier molecular flexibility index (Phi) is 18.6. The van der Waals surface area contributed by atoms with E-state index in [1.54, 1.807) is 6.92 Å². The Morgan fingerprint density at radius 2 is 1.12 bits per heavy atom. The van der Waals surface area contributed by atoms with Gasteiger partial charge in [0.1, 0.15) is 5.78 Å². The fraction of sp³-hybridized carbons (Fsp3) is 0.952. The van der Waals surface area contributed by atoms with Crippen molar-refractivity contribution in [3.63, 3.8) is 0 Å². The van der Waals surface area contributed by atoms with E-state index in [0.29, 0.717) is 12.8 Å². The molecule has 0 rings (SSSR count). The smallest absolute Gasteiger partial charge is 0.157 e. The van der Waals surface area contributed by atoms with Crippen LogP contribution in [0.4, 0.5) is 0 Å². The normalized spacial score (nSPS) is 11.3. The summed E-state index contributed by atoms with van der Waals surface area (Å²) < 4.78 is 11.7. The van der Waals surface area contributed by atoms with Crippen molar-refractivity contribution < 1.29 is 14.3 Å². The number of hydrogen-bond donors (Lipinski definition) is 0. The van der Waals surface area contributed by atoms with E-state index in [9.17, 15) is 4.79 Å². The van der Waals surface area contributed by atoms with E-state index in [1.807, 2.05) is 0 Å². The zero-order valence-corrected chi connectivity index (χ0v) is 16.6. The molecule has 0 saturated carbocycles. The largest absolute Gasteiger partial charge is 0.353 e. The van der Waals surface area contributed by atoms with E-state index in [0.717, 1.165) is 26.1 Å². The molecule has 0 N–H and O–H groups in total. The third-order valence-corrected chi connectivity index (χ3v) is 4.34. The van der Waals surface area contributed by atoms with Crippen LogP contribution in [0.2, 0.25) is 0 Å². The zero-order chi connectivity index (χ0) is 17.9. The summed E-state index contributed by atoms with van der Waals surface area (Å²) in [7, 11) is 0. The van der Waals surface area contributed by atoms with Crippen molar-refractivity contribution in [1.29, 1.82) is 0 Å². The first-order chi connectivity index (χ1) is 11.7. The summed E-state index contributed by atoms with van der Waals surface area (Å²) in [6.45, 7) is 7.63. The second kappa shape index (κ2) is 18.9. The van der Waals surface area contributed by atoms with Crippen molar-refractivity contribution in [3.8, 4) is 0 Å². The molecule has 144 valence electrons. The number of carbonyl (C=O) groups is 1. The molecule has 0 aliphatic carbocycles. The summed E-state index contributed by atoms with van der Waals surface area (Å²) in [6.07, 6.45) is 16.2. The van der Waals surface area contributed by atoms with Crippen LogP contribution in [0.3, 0.4) is 0 Å². The number of ether oxygens (including phenoxy) is 2. The third-order valence-electron chi connectivity index (χ3n) is 4.34. The van der Waals surface area contributed by atoms with Crippen molar-refractivity contribution in [3.05, 3.63) is 0 Å². The van der Waals surface area contributed by atoms with Crippen LogP contribution in [0, 0.1) is 0 Å². The molecule has 0 heterocycles. The van der Waals surface area contributed by atoms with Gasteiger partial charge in [-0.25, -0.2) is 0 Å². The summed E-state index contributed by atoms with van der Waals surface area (Å²) >= 11 is 0. The highest BCUT2D eigenvalue weighted by Crippen LogP contribution is 2.11. The van der Waals surface area contributed by atoms with Gasteiger partial charge >= 0.3 is 0 Å². The summed E-state index contributed by atoms with van der Waals surface area (Å²) in [5, 5.41) is 0. The molecule has 0 unspecified atom stereocenters. The topological polar surface area (TPSA) is 35.5 Å². The average Bonchev–Trinajstić information content (AvgIpc) is 2.57. The van der Waals surface area contributed by atoms with Crippen LogP contribution in [0.5, 0.6) is 0 Å². The van der Waals surface area contributed by atoms with Crippen LogP contribution in [-0.4, -0.2) is 25.3 Å². The van der Waals surface area contributed by atoms with Crippen molar-refractivity contribution in [2.75, 3.05) is 13.2 Å². The Morgan fingerprint density at radius 1 is 0.708 bits per heavy atom. The lowest BCUT2D eigenvalue weighted by molar-refractivity contribution is -0.150. The SMILES string of the molecule is CCCCCCCCOC(CCC(C)=O)OCCCCCCCC. The van der Waals surface area contributed by atoms with Crippen LogP contribution < -0.4 is 0 Å². The lowest BCUT2D eigenvalue weighted by Gasteiger charge is -2.18. The number of unbranched alkanes of at least 4 members (excludes halogenated alkanes) is 10. The van der Waals surface area contributed by atoms with E-state index in [1.165, 1.54) is 64.2 Å². The minimum Gasteiger partial charge on any atom is -0.353 e. The van der Waals surface area contributed by atoms with Gasteiger partial charge in [-0.2, -0.15) is 0 Å². The zero-order valence-electron chi connectivity index (χ0n) is 16.6. The summed E-state index contributed by atoms with van der Waals surface area (Å²) in [6, 6.07) is 0. The first kappa shape index (κ1) is 23.6. The fourth-order valence-corrected chi connectivity index (χ4v) is 2.73. The van der Waals surface area contributed by atoms with Gasteiger partial charge in [0.05, 0.1) is 0 Å². The van der Waals surface area contributed by atoms with Crippen molar-refractivity contribution >= 4 is 5.78 Å². The van der Waals surface area contributed by atoms with Gasteiger partial charge in [-0.1, -0.05) is 78.1 Å². The Balaban J connectivity index is 3.70. The van der Waals surface area contributed by atoms with Crippen LogP contribution in [0.25, 0.3) is 0 Å². The van der Waals surface area contributed by atoms with Gasteiger partial charge in [0.25, 0.3) is 0 Å². The predicted octanol–water partition coefficient (Wildman–Crippen LogP) is 6.44. The lowest BCUT2D eigenvalue weighted by Crippen LogP contribution is -2.20. The Morgan fingerprint density at radius 3 is 1.54 bits per heavy atom. The molecule has 24 heavy (non-hydrogen) atoms. The van der Waals surface area contributed by atoms with Gasteiger partial charge in [0.15, 0.2) is 6.29 Å².